The molecule has 0 atom stereocenters. The fraction of sp³-hybridized carbons (Fsp3) is 0.217. The Morgan fingerprint density at radius 3 is 2.57 bits per heavy atom. The van der Waals surface area contributed by atoms with Crippen molar-refractivity contribution in [2.24, 2.45) is 0 Å². The van der Waals surface area contributed by atoms with Crippen molar-refractivity contribution in [3.8, 4) is 5.75 Å². The number of hydrogen-bond donors (Lipinski definition) is 0. The van der Waals surface area contributed by atoms with Gasteiger partial charge in [0.25, 0.3) is 5.56 Å². The molecular weight excluding hydrogens is 400 g/mol. The zero-order valence-electron chi connectivity index (χ0n) is 16.5. The van der Waals surface area contributed by atoms with Crippen LogP contribution in [-0.2, 0) is 22.6 Å². The average Bonchev–Trinajstić information content (AvgIpc) is 3.07. The summed E-state index contributed by atoms with van der Waals surface area (Å²) in [4.78, 5) is 41.0. The molecule has 152 valence electrons. The summed E-state index contributed by atoms with van der Waals surface area (Å²) < 4.78 is 7.47. The number of aryl methyl sites for hydroxylation is 1. The van der Waals surface area contributed by atoms with Crippen LogP contribution in [-0.4, -0.2) is 27.1 Å². The third-order valence-corrected chi connectivity index (χ3v) is 5.76. The fourth-order valence-electron chi connectivity index (χ4n) is 3.32. The van der Waals surface area contributed by atoms with Gasteiger partial charge in [-0.3, -0.25) is 19.0 Å². The number of benzene rings is 2. The maximum Gasteiger partial charge on any atom is 0.261 e. The van der Waals surface area contributed by atoms with E-state index in [4.69, 9.17) is 4.74 Å². The second-order valence-corrected chi connectivity index (χ2v) is 7.95. The number of ether oxygens (including phenoxy) is 1. The summed E-state index contributed by atoms with van der Waals surface area (Å²) in [6.07, 6.45) is 2.35. The summed E-state index contributed by atoms with van der Waals surface area (Å²) >= 11 is 0.993. The molecule has 0 radical (unpaired) electrons. The zero-order chi connectivity index (χ0) is 21.1. The van der Waals surface area contributed by atoms with E-state index in [9.17, 15) is 14.4 Å². The Kier molecular flexibility index (Phi) is 5.81. The van der Waals surface area contributed by atoms with Gasteiger partial charge in [0.1, 0.15) is 18.2 Å². The molecule has 0 amide bonds. The molecule has 1 fully saturated rings. The first-order chi connectivity index (χ1) is 14.5. The highest BCUT2D eigenvalue weighted by Gasteiger charge is 2.25. The highest BCUT2D eigenvalue weighted by Crippen LogP contribution is 2.30. The van der Waals surface area contributed by atoms with Gasteiger partial charge in [0, 0.05) is 6.42 Å². The number of thioether (sulfide) groups is 1. The number of carbonyl (C=O) groups excluding carboxylic acids is 2. The molecule has 1 aromatic heterocycles. The maximum absolute atomic E-state index is 12.8. The molecule has 0 spiro atoms. The van der Waals surface area contributed by atoms with Gasteiger partial charge >= 0.3 is 0 Å². The second kappa shape index (κ2) is 8.67. The quantitative estimate of drug-likeness (QED) is 0.448. The predicted molar refractivity (Wildman–Crippen MR) is 118 cm³/mol. The Labute approximate surface area is 177 Å². The Hall–Kier alpha value is -3.19. The van der Waals surface area contributed by atoms with Crippen molar-refractivity contribution in [3.63, 3.8) is 0 Å². The minimum Gasteiger partial charge on any atom is -0.492 e. The van der Waals surface area contributed by atoms with Gasteiger partial charge in [-0.05, 0) is 47.7 Å². The Morgan fingerprint density at radius 2 is 1.87 bits per heavy atom. The first-order valence-corrected chi connectivity index (χ1v) is 10.5. The summed E-state index contributed by atoms with van der Waals surface area (Å²) in [7, 11) is 0. The number of allylic oxidation sites excluding steroid dienone is 1. The lowest BCUT2D eigenvalue weighted by Crippen LogP contribution is -2.27. The monoisotopic (exact) mass is 420 g/mol. The van der Waals surface area contributed by atoms with Crippen LogP contribution in [0, 0.1) is 0 Å². The van der Waals surface area contributed by atoms with Crippen LogP contribution in [0.1, 0.15) is 24.7 Å². The maximum atomic E-state index is 12.8. The number of rotatable bonds is 6. The lowest BCUT2D eigenvalue weighted by atomic mass is 10.1. The minimum absolute atomic E-state index is 0.0273. The lowest BCUT2D eigenvalue weighted by molar-refractivity contribution is -0.119. The third-order valence-electron chi connectivity index (χ3n) is 4.82. The molecule has 6 nitrogen and oxygen atoms in total. The predicted octanol–water partition coefficient (Wildman–Crippen LogP) is 3.61. The van der Waals surface area contributed by atoms with Gasteiger partial charge in [-0.15, -0.1) is 0 Å². The molecule has 3 aromatic rings. The van der Waals surface area contributed by atoms with E-state index in [1.807, 2.05) is 37.3 Å². The van der Waals surface area contributed by atoms with Crippen LogP contribution < -0.4 is 10.3 Å². The Bertz CT molecular complexity index is 1210. The molecule has 0 unspecified atom stereocenters. The highest BCUT2D eigenvalue weighted by atomic mass is 32.2. The topological polar surface area (TPSA) is 78.3 Å². The number of hydrogen-bond acceptors (Lipinski definition) is 6. The van der Waals surface area contributed by atoms with Gasteiger partial charge < -0.3 is 4.74 Å². The normalized spacial score (nSPS) is 15.3. The standard InChI is InChI=1S/C23H20N2O4S/c1-2-21-24-18-6-4-3-5-17(18)23(28)25(21)11-12-29-16-9-7-15(8-10-16)13-20-19(26)14-22(27)30-20/h3-10,13H,2,11-12,14H2,1H3/b20-13+. The summed E-state index contributed by atoms with van der Waals surface area (Å²) in [6, 6.07) is 14.6. The van der Waals surface area contributed by atoms with Crippen molar-refractivity contribution in [1.29, 1.82) is 0 Å². The number of carbonyl (C=O) groups is 2. The minimum atomic E-state index is -0.133. The number of fused-ring (bicyclic) bond motifs is 1. The first-order valence-electron chi connectivity index (χ1n) is 9.72. The van der Waals surface area contributed by atoms with Crippen LogP contribution in [0.2, 0.25) is 0 Å². The number of aromatic nitrogens is 2. The first kappa shape index (κ1) is 20.1. The molecule has 1 saturated heterocycles. The lowest BCUT2D eigenvalue weighted by Gasteiger charge is -2.13. The van der Waals surface area contributed by atoms with E-state index in [0.29, 0.717) is 41.1 Å². The molecule has 1 aliphatic heterocycles. The SMILES string of the molecule is CCc1nc2ccccc2c(=O)n1CCOc1ccc(/C=C2/SC(=O)CC2=O)cc1. The van der Waals surface area contributed by atoms with E-state index in [0.717, 1.165) is 23.1 Å². The second-order valence-electron chi connectivity index (χ2n) is 6.86. The van der Waals surface area contributed by atoms with Crippen LogP contribution >= 0.6 is 11.8 Å². The summed E-state index contributed by atoms with van der Waals surface area (Å²) in [5.74, 6) is 1.27. The fourth-order valence-corrected chi connectivity index (χ4v) is 4.15. The van der Waals surface area contributed by atoms with Crippen molar-refractivity contribution < 1.29 is 14.3 Å². The molecule has 1 aliphatic rings. The molecular formula is C23H20N2O4S. The summed E-state index contributed by atoms with van der Waals surface area (Å²) in [5, 5.41) is 0.487. The average molecular weight is 420 g/mol. The van der Waals surface area contributed by atoms with Gasteiger partial charge in [-0.2, -0.15) is 0 Å². The Balaban J connectivity index is 1.44. The molecule has 0 bridgehead atoms. The Morgan fingerprint density at radius 1 is 1.10 bits per heavy atom. The molecule has 7 heteroatoms. The smallest absolute Gasteiger partial charge is 0.261 e. The van der Waals surface area contributed by atoms with Gasteiger partial charge in [-0.25, -0.2) is 4.98 Å². The van der Waals surface area contributed by atoms with E-state index in [1.165, 1.54) is 0 Å². The summed E-state index contributed by atoms with van der Waals surface area (Å²) in [6.45, 7) is 2.71. The molecule has 2 aromatic carbocycles. The van der Waals surface area contributed by atoms with Crippen LogP contribution in [0.5, 0.6) is 5.75 Å². The van der Waals surface area contributed by atoms with E-state index >= 15 is 0 Å². The largest absolute Gasteiger partial charge is 0.492 e. The molecule has 4 rings (SSSR count). The van der Waals surface area contributed by atoms with Crippen LogP contribution in [0.15, 0.2) is 58.2 Å². The molecule has 30 heavy (non-hydrogen) atoms. The van der Waals surface area contributed by atoms with Crippen LogP contribution in [0.3, 0.4) is 0 Å². The van der Waals surface area contributed by atoms with Gasteiger partial charge in [-0.1, -0.05) is 31.2 Å². The third kappa shape index (κ3) is 4.21. The number of ketones is 1. The number of Topliss-reactive ketones (excluding diaryl/α,β-unsaturated/α-hetero) is 1. The van der Waals surface area contributed by atoms with E-state index in [2.05, 4.69) is 4.98 Å². The van der Waals surface area contributed by atoms with Crippen molar-refractivity contribution in [1.82, 2.24) is 9.55 Å². The van der Waals surface area contributed by atoms with Gasteiger partial charge in [0.15, 0.2) is 5.78 Å². The van der Waals surface area contributed by atoms with Gasteiger partial charge in [0.2, 0.25) is 5.12 Å². The molecule has 2 heterocycles. The highest BCUT2D eigenvalue weighted by molar-refractivity contribution is 8.18. The van der Waals surface area contributed by atoms with Crippen molar-refractivity contribution in [2.75, 3.05) is 6.61 Å². The van der Waals surface area contributed by atoms with Crippen LogP contribution in [0.25, 0.3) is 17.0 Å². The van der Waals surface area contributed by atoms with E-state index in [-0.39, 0.29) is 22.9 Å². The van der Waals surface area contributed by atoms with Crippen LogP contribution in [0.4, 0.5) is 0 Å². The zero-order valence-corrected chi connectivity index (χ0v) is 17.3. The van der Waals surface area contributed by atoms with Crippen molar-refractivity contribution in [2.45, 2.75) is 26.3 Å². The van der Waals surface area contributed by atoms with Gasteiger partial charge in [0.05, 0.1) is 28.8 Å². The number of para-hydroxylation sites is 1. The van der Waals surface area contributed by atoms with Crippen molar-refractivity contribution in [3.05, 3.63) is 75.2 Å². The number of nitrogens with zero attached hydrogens (tertiary/aromatic N) is 2. The van der Waals surface area contributed by atoms with E-state index < -0.39 is 0 Å². The van der Waals surface area contributed by atoms with Crippen molar-refractivity contribution >= 4 is 39.6 Å². The molecule has 0 N–H and O–H groups in total. The van der Waals surface area contributed by atoms with E-state index in [1.54, 1.807) is 28.8 Å². The molecule has 0 aliphatic carbocycles. The molecule has 0 saturated carbocycles. The summed E-state index contributed by atoms with van der Waals surface area (Å²) in [5.41, 5.74) is 1.48.